The SMILES string of the molecule is Cc1ccc(F)cc1/C=C/CNC(C)(C)C. The first-order valence-electron chi connectivity index (χ1n) is 5.56. The summed E-state index contributed by atoms with van der Waals surface area (Å²) >= 11 is 0. The number of nitrogens with one attached hydrogen (secondary N) is 1. The summed E-state index contributed by atoms with van der Waals surface area (Å²) in [7, 11) is 0. The summed E-state index contributed by atoms with van der Waals surface area (Å²) in [5, 5.41) is 3.35. The maximum atomic E-state index is 13.0. The van der Waals surface area contributed by atoms with Gasteiger partial charge in [0.25, 0.3) is 0 Å². The van der Waals surface area contributed by atoms with E-state index in [0.29, 0.717) is 0 Å². The Labute approximate surface area is 97.4 Å². The first-order chi connectivity index (χ1) is 7.38. The van der Waals surface area contributed by atoms with Crippen LogP contribution >= 0.6 is 0 Å². The van der Waals surface area contributed by atoms with E-state index in [0.717, 1.165) is 17.7 Å². The van der Waals surface area contributed by atoms with Crippen molar-refractivity contribution >= 4 is 6.08 Å². The van der Waals surface area contributed by atoms with Gasteiger partial charge in [0, 0.05) is 12.1 Å². The van der Waals surface area contributed by atoms with Crippen LogP contribution in [0.1, 0.15) is 31.9 Å². The predicted molar refractivity (Wildman–Crippen MR) is 67.9 cm³/mol. The molecule has 1 N–H and O–H groups in total. The molecule has 2 heteroatoms. The van der Waals surface area contributed by atoms with E-state index in [-0.39, 0.29) is 11.4 Å². The fourth-order valence-corrected chi connectivity index (χ4v) is 1.34. The summed E-state index contributed by atoms with van der Waals surface area (Å²) < 4.78 is 13.0. The van der Waals surface area contributed by atoms with Crippen molar-refractivity contribution in [2.75, 3.05) is 6.54 Å². The summed E-state index contributed by atoms with van der Waals surface area (Å²) in [5.74, 6) is -0.186. The van der Waals surface area contributed by atoms with Gasteiger partial charge < -0.3 is 5.32 Å². The minimum atomic E-state index is -0.186. The number of aryl methyl sites for hydroxylation is 1. The summed E-state index contributed by atoms with van der Waals surface area (Å²) in [6.07, 6.45) is 3.98. The van der Waals surface area contributed by atoms with Crippen LogP contribution in [0.25, 0.3) is 6.08 Å². The van der Waals surface area contributed by atoms with Crippen molar-refractivity contribution in [1.29, 1.82) is 0 Å². The molecule has 0 heterocycles. The van der Waals surface area contributed by atoms with Crippen LogP contribution in [0.5, 0.6) is 0 Å². The molecule has 0 aliphatic carbocycles. The first-order valence-corrected chi connectivity index (χ1v) is 5.56. The number of hydrogen-bond acceptors (Lipinski definition) is 1. The van der Waals surface area contributed by atoms with Crippen molar-refractivity contribution < 1.29 is 4.39 Å². The molecule has 0 saturated heterocycles. The molecule has 0 aliphatic heterocycles. The topological polar surface area (TPSA) is 12.0 Å². The minimum absolute atomic E-state index is 0.112. The molecule has 1 aromatic rings. The highest BCUT2D eigenvalue weighted by Gasteiger charge is 2.05. The Balaban J connectivity index is 2.59. The Hall–Kier alpha value is -1.15. The molecule has 1 aromatic carbocycles. The van der Waals surface area contributed by atoms with Crippen molar-refractivity contribution in [3.8, 4) is 0 Å². The smallest absolute Gasteiger partial charge is 0.123 e. The van der Waals surface area contributed by atoms with Crippen molar-refractivity contribution in [1.82, 2.24) is 5.32 Å². The zero-order chi connectivity index (χ0) is 12.2. The number of benzene rings is 1. The Morgan fingerprint density at radius 1 is 1.31 bits per heavy atom. The second-order valence-corrected chi connectivity index (χ2v) is 5.03. The fraction of sp³-hybridized carbons (Fsp3) is 0.429. The van der Waals surface area contributed by atoms with Gasteiger partial charge in [-0.25, -0.2) is 4.39 Å². The van der Waals surface area contributed by atoms with E-state index in [1.807, 2.05) is 19.1 Å². The summed E-state index contributed by atoms with van der Waals surface area (Å²) in [4.78, 5) is 0. The van der Waals surface area contributed by atoms with Crippen LogP contribution in [0.3, 0.4) is 0 Å². The average Bonchev–Trinajstić information content (AvgIpc) is 2.16. The normalized spacial score (nSPS) is 12.3. The Morgan fingerprint density at radius 2 is 2.00 bits per heavy atom. The standard InChI is InChI=1S/C14H20FN/c1-11-7-8-13(15)10-12(11)6-5-9-16-14(2,3)4/h5-8,10,16H,9H2,1-4H3/b6-5+. The van der Waals surface area contributed by atoms with E-state index >= 15 is 0 Å². The van der Waals surface area contributed by atoms with Crippen LogP contribution in [-0.2, 0) is 0 Å². The Bertz CT molecular complexity index is 375. The van der Waals surface area contributed by atoms with Crippen LogP contribution in [0.4, 0.5) is 4.39 Å². The average molecular weight is 221 g/mol. The van der Waals surface area contributed by atoms with Crippen LogP contribution < -0.4 is 5.32 Å². The van der Waals surface area contributed by atoms with Crippen molar-refractivity contribution in [3.63, 3.8) is 0 Å². The minimum Gasteiger partial charge on any atom is -0.309 e. The van der Waals surface area contributed by atoms with Crippen LogP contribution in [0.15, 0.2) is 24.3 Å². The lowest BCUT2D eigenvalue weighted by Crippen LogP contribution is -2.35. The molecule has 0 aromatic heterocycles. The summed E-state index contributed by atoms with van der Waals surface area (Å²) in [5.41, 5.74) is 2.14. The number of hydrogen-bond donors (Lipinski definition) is 1. The van der Waals surface area contributed by atoms with Gasteiger partial charge in [0.1, 0.15) is 5.82 Å². The quantitative estimate of drug-likeness (QED) is 0.823. The van der Waals surface area contributed by atoms with Crippen LogP contribution in [0.2, 0.25) is 0 Å². The third kappa shape index (κ3) is 4.58. The molecule has 1 nitrogen and oxygen atoms in total. The Kier molecular flexibility index (Phi) is 4.25. The fourth-order valence-electron chi connectivity index (χ4n) is 1.34. The number of rotatable bonds is 3. The molecule has 0 spiro atoms. The van der Waals surface area contributed by atoms with Gasteiger partial charge >= 0.3 is 0 Å². The van der Waals surface area contributed by atoms with E-state index in [2.05, 4.69) is 26.1 Å². The lowest BCUT2D eigenvalue weighted by atomic mass is 10.1. The third-order valence-corrected chi connectivity index (χ3v) is 2.29. The van der Waals surface area contributed by atoms with Gasteiger partial charge in [-0.3, -0.25) is 0 Å². The van der Waals surface area contributed by atoms with Gasteiger partial charge in [-0.2, -0.15) is 0 Å². The molecule has 0 aliphatic rings. The molecule has 0 saturated carbocycles. The highest BCUT2D eigenvalue weighted by atomic mass is 19.1. The predicted octanol–water partition coefficient (Wildman–Crippen LogP) is 3.54. The van der Waals surface area contributed by atoms with Crippen molar-refractivity contribution in [2.45, 2.75) is 33.2 Å². The second-order valence-electron chi connectivity index (χ2n) is 5.03. The van der Waals surface area contributed by atoms with E-state index in [1.165, 1.54) is 6.07 Å². The van der Waals surface area contributed by atoms with Crippen LogP contribution in [0, 0.1) is 12.7 Å². The largest absolute Gasteiger partial charge is 0.309 e. The van der Waals surface area contributed by atoms with Gasteiger partial charge in [0.2, 0.25) is 0 Å². The molecule has 0 atom stereocenters. The first kappa shape index (κ1) is 12.9. The zero-order valence-electron chi connectivity index (χ0n) is 10.5. The maximum absolute atomic E-state index is 13.0. The molecule has 88 valence electrons. The lowest BCUT2D eigenvalue weighted by Gasteiger charge is -2.18. The molecule has 0 bridgehead atoms. The monoisotopic (exact) mass is 221 g/mol. The van der Waals surface area contributed by atoms with Gasteiger partial charge in [0.15, 0.2) is 0 Å². The zero-order valence-corrected chi connectivity index (χ0v) is 10.5. The maximum Gasteiger partial charge on any atom is 0.123 e. The van der Waals surface area contributed by atoms with E-state index in [1.54, 1.807) is 12.1 Å². The van der Waals surface area contributed by atoms with Gasteiger partial charge in [-0.05, 0) is 51.0 Å². The van der Waals surface area contributed by atoms with E-state index in [9.17, 15) is 4.39 Å². The molecule has 16 heavy (non-hydrogen) atoms. The molecule has 0 amide bonds. The summed E-state index contributed by atoms with van der Waals surface area (Å²) in [6.45, 7) is 9.13. The van der Waals surface area contributed by atoms with Crippen LogP contribution in [-0.4, -0.2) is 12.1 Å². The van der Waals surface area contributed by atoms with E-state index < -0.39 is 0 Å². The molecule has 0 unspecified atom stereocenters. The highest BCUT2D eigenvalue weighted by Crippen LogP contribution is 2.11. The van der Waals surface area contributed by atoms with Crippen molar-refractivity contribution in [3.05, 3.63) is 41.2 Å². The molecule has 0 fully saturated rings. The molecular formula is C14H20FN. The lowest BCUT2D eigenvalue weighted by molar-refractivity contribution is 0.450. The molecular weight excluding hydrogens is 201 g/mol. The van der Waals surface area contributed by atoms with Crippen molar-refractivity contribution in [2.24, 2.45) is 0 Å². The van der Waals surface area contributed by atoms with Gasteiger partial charge in [-0.15, -0.1) is 0 Å². The number of halogens is 1. The molecule has 0 radical (unpaired) electrons. The van der Waals surface area contributed by atoms with E-state index in [4.69, 9.17) is 0 Å². The Morgan fingerprint density at radius 3 is 2.62 bits per heavy atom. The van der Waals surface area contributed by atoms with Gasteiger partial charge in [0.05, 0.1) is 0 Å². The second kappa shape index (κ2) is 5.26. The van der Waals surface area contributed by atoms with Gasteiger partial charge in [-0.1, -0.05) is 18.2 Å². The third-order valence-electron chi connectivity index (χ3n) is 2.29. The summed E-state index contributed by atoms with van der Waals surface area (Å²) in [6, 6.07) is 4.84. The molecule has 1 rings (SSSR count). The highest BCUT2D eigenvalue weighted by molar-refractivity contribution is 5.53.